The largest absolute Gasteiger partial charge is 0.0622 e. The summed E-state index contributed by atoms with van der Waals surface area (Å²) in [4.78, 5) is 0. The maximum atomic E-state index is 2.36. The molecule has 0 spiro atoms. The molecule has 0 aliphatic heterocycles. The van der Waals surface area contributed by atoms with Crippen molar-refractivity contribution in [1.82, 2.24) is 0 Å². The maximum Gasteiger partial charge on any atom is -0.0116 e. The molecule has 0 heteroatoms. The minimum absolute atomic E-state index is 0.652. The Morgan fingerprint density at radius 2 is 1.29 bits per heavy atom. The van der Waals surface area contributed by atoms with Crippen molar-refractivity contribution in [1.29, 1.82) is 0 Å². The predicted octanol–water partition coefficient (Wildman–Crippen LogP) is 5.24. The first-order valence-electron chi connectivity index (χ1n) is 6.58. The summed E-state index contributed by atoms with van der Waals surface area (Å²) in [6.07, 6.45) is 0. The van der Waals surface area contributed by atoms with Gasteiger partial charge in [-0.3, -0.25) is 0 Å². The molecule has 2 aromatic carbocycles. The molecule has 0 fully saturated rings. The van der Waals surface area contributed by atoms with Crippen LogP contribution in [0.25, 0.3) is 10.8 Å². The van der Waals surface area contributed by atoms with Crippen molar-refractivity contribution in [2.24, 2.45) is 11.8 Å². The van der Waals surface area contributed by atoms with Crippen LogP contribution in [0.4, 0.5) is 0 Å². The minimum Gasteiger partial charge on any atom is -0.0622 e. The summed E-state index contributed by atoms with van der Waals surface area (Å²) in [7, 11) is 0. The topological polar surface area (TPSA) is 0 Å². The van der Waals surface area contributed by atoms with Crippen LogP contribution in [-0.4, -0.2) is 0 Å². The van der Waals surface area contributed by atoms with Crippen LogP contribution in [0.1, 0.15) is 39.2 Å². The number of benzene rings is 2. The molecule has 0 N–H and O–H groups in total. The van der Waals surface area contributed by atoms with Gasteiger partial charge in [0.2, 0.25) is 0 Å². The lowest BCUT2D eigenvalue weighted by atomic mass is 9.79. The molecular weight excluding hydrogens is 204 g/mol. The molecule has 0 unspecified atom stereocenters. The highest BCUT2D eigenvalue weighted by molar-refractivity contribution is 5.83. The van der Waals surface area contributed by atoms with Crippen LogP contribution in [0.5, 0.6) is 0 Å². The van der Waals surface area contributed by atoms with Crippen LogP contribution in [-0.2, 0) is 0 Å². The monoisotopic (exact) mass is 226 g/mol. The summed E-state index contributed by atoms with van der Waals surface area (Å²) in [5.74, 6) is 2.03. The fourth-order valence-electron chi connectivity index (χ4n) is 2.95. The van der Waals surface area contributed by atoms with Crippen molar-refractivity contribution < 1.29 is 0 Å². The van der Waals surface area contributed by atoms with E-state index < -0.39 is 0 Å². The summed E-state index contributed by atoms with van der Waals surface area (Å²) in [5, 5.41) is 2.69. The summed E-state index contributed by atoms with van der Waals surface area (Å²) >= 11 is 0. The molecule has 90 valence electrons. The minimum atomic E-state index is 0.652. The summed E-state index contributed by atoms with van der Waals surface area (Å²) < 4.78 is 0. The number of fused-ring (bicyclic) bond motifs is 1. The Kier molecular flexibility index (Phi) is 3.51. The first-order chi connectivity index (χ1) is 8.09. The van der Waals surface area contributed by atoms with Crippen molar-refractivity contribution in [3.05, 3.63) is 48.0 Å². The zero-order valence-electron chi connectivity index (χ0n) is 11.3. The average molecular weight is 226 g/mol. The van der Waals surface area contributed by atoms with Crippen molar-refractivity contribution >= 4 is 10.8 Å². The summed E-state index contributed by atoms with van der Waals surface area (Å²) in [5.41, 5.74) is 1.48. The molecule has 0 aliphatic rings. The van der Waals surface area contributed by atoms with Gasteiger partial charge in [0, 0.05) is 0 Å². The standard InChI is InChI=1S/C17H22/c1-12(2)17(13(3)4)16-10-9-14-7-5-6-8-15(14)11-16/h5-13,17H,1-4H3. The van der Waals surface area contributed by atoms with Crippen LogP contribution in [0, 0.1) is 11.8 Å². The van der Waals surface area contributed by atoms with Crippen molar-refractivity contribution in [3.8, 4) is 0 Å². The van der Waals surface area contributed by atoms with E-state index in [4.69, 9.17) is 0 Å². The van der Waals surface area contributed by atoms with Gasteiger partial charge in [-0.05, 0) is 34.1 Å². The highest BCUT2D eigenvalue weighted by Crippen LogP contribution is 2.33. The molecule has 0 heterocycles. The molecule has 0 nitrogen and oxygen atoms in total. The molecule has 0 atom stereocenters. The van der Waals surface area contributed by atoms with Gasteiger partial charge in [-0.2, -0.15) is 0 Å². The van der Waals surface area contributed by atoms with E-state index in [0.717, 1.165) is 0 Å². The zero-order chi connectivity index (χ0) is 12.4. The van der Waals surface area contributed by atoms with Gasteiger partial charge in [0.15, 0.2) is 0 Å². The summed E-state index contributed by atoms with van der Waals surface area (Å²) in [6, 6.07) is 15.5. The fraction of sp³-hybridized carbons (Fsp3) is 0.412. The SMILES string of the molecule is CC(C)C(c1ccc2ccccc2c1)C(C)C. The van der Waals surface area contributed by atoms with E-state index in [9.17, 15) is 0 Å². The second-order valence-corrected chi connectivity index (χ2v) is 5.62. The van der Waals surface area contributed by atoms with Gasteiger partial charge in [-0.1, -0.05) is 70.2 Å². The third kappa shape index (κ3) is 2.52. The van der Waals surface area contributed by atoms with Gasteiger partial charge >= 0.3 is 0 Å². The Morgan fingerprint density at radius 1 is 0.706 bits per heavy atom. The van der Waals surface area contributed by atoms with E-state index in [1.165, 1.54) is 16.3 Å². The fourth-order valence-corrected chi connectivity index (χ4v) is 2.95. The molecule has 0 saturated carbocycles. The molecule has 0 saturated heterocycles. The van der Waals surface area contributed by atoms with Gasteiger partial charge < -0.3 is 0 Å². The van der Waals surface area contributed by atoms with Crippen LogP contribution >= 0.6 is 0 Å². The highest BCUT2D eigenvalue weighted by Gasteiger charge is 2.19. The molecule has 0 amide bonds. The molecule has 2 aromatic rings. The molecule has 0 radical (unpaired) electrons. The van der Waals surface area contributed by atoms with E-state index in [1.807, 2.05) is 0 Å². The Balaban J connectivity index is 2.47. The number of hydrogen-bond donors (Lipinski definition) is 0. The number of hydrogen-bond acceptors (Lipinski definition) is 0. The lowest BCUT2D eigenvalue weighted by Crippen LogP contribution is -2.13. The highest BCUT2D eigenvalue weighted by atomic mass is 14.2. The first-order valence-corrected chi connectivity index (χ1v) is 6.58. The van der Waals surface area contributed by atoms with Crippen molar-refractivity contribution in [2.75, 3.05) is 0 Å². The Hall–Kier alpha value is -1.30. The smallest absolute Gasteiger partial charge is 0.0116 e. The van der Waals surface area contributed by atoms with Crippen molar-refractivity contribution in [2.45, 2.75) is 33.6 Å². The zero-order valence-corrected chi connectivity index (χ0v) is 11.3. The van der Waals surface area contributed by atoms with Gasteiger partial charge in [0.05, 0.1) is 0 Å². The van der Waals surface area contributed by atoms with E-state index in [0.29, 0.717) is 17.8 Å². The van der Waals surface area contributed by atoms with Gasteiger partial charge in [0.25, 0.3) is 0 Å². The summed E-state index contributed by atoms with van der Waals surface area (Å²) in [6.45, 7) is 9.28. The lowest BCUT2D eigenvalue weighted by Gasteiger charge is -2.25. The molecule has 2 rings (SSSR count). The normalized spacial score (nSPS) is 11.9. The number of rotatable bonds is 3. The average Bonchev–Trinajstić information content (AvgIpc) is 2.28. The second kappa shape index (κ2) is 4.91. The Bertz CT molecular complexity index is 486. The van der Waals surface area contributed by atoms with Gasteiger partial charge in [-0.25, -0.2) is 0 Å². The van der Waals surface area contributed by atoms with Crippen LogP contribution < -0.4 is 0 Å². The molecule has 0 aromatic heterocycles. The molecule has 0 aliphatic carbocycles. The van der Waals surface area contributed by atoms with Gasteiger partial charge in [0.1, 0.15) is 0 Å². The molecule has 0 bridgehead atoms. The van der Waals surface area contributed by atoms with E-state index in [2.05, 4.69) is 70.2 Å². The molecular formula is C17H22. The van der Waals surface area contributed by atoms with E-state index in [1.54, 1.807) is 0 Å². The quantitative estimate of drug-likeness (QED) is 0.671. The third-order valence-corrected chi connectivity index (χ3v) is 3.59. The Labute approximate surface area is 105 Å². The van der Waals surface area contributed by atoms with E-state index in [-0.39, 0.29) is 0 Å². The molecule has 17 heavy (non-hydrogen) atoms. The van der Waals surface area contributed by atoms with Crippen LogP contribution in [0.2, 0.25) is 0 Å². The van der Waals surface area contributed by atoms with Crippen molar-refractivity contribution in [3.63, 3.8) is 0 Å². The maximum absolute atomic E-state index is 2.36. The van der Waals surface area contributed by atoms with E-state index >= 15 is 0 Å². The van der Waals surface area contributed by atoms with Crippen LogP contribution in [0.3, 0.4) is 0 Å². The predicted molar refractivity (Wildman–Crippen MR) is 76.4 cm³/mol. The third-order valence-electron chi connectivity index (χ3n) is 3.59. The van der Waals surface area contributed by atoms with Gasteiger partial charge in [-0.15, -0.1) is 0 Å². The lowest BCUT2D eigenvalue weighted by molar-refractivity contribution is 0.388. The second-order valence-electron chi connectivity index (χ2n) is 5.62. The Morgan fingerprint density at radius 3 is 1.88 bits per heavy atom. The first kappa shape index (κ1) is 12.2. The van der Waals surface area contributed by atoms with Crippen LogP contribution in [0.15, 0.2) is 42.5 Å².